The van der Waals surface area contributed by atoms with Crippen LogP contribution in [-0.2, 0) is 16.0 Å². The Balaban J connectivity index is 2.26. The van der Waals surface area contributed by atoms with Gasteiger partial charge in [-0.15, -0.1) is 0 Å². The average molecular weight is 274 g/mol. The molecule has 1 aromatic carbocycles. The van der Waals surface area contributed by atoms with E-state index in [0.29, 0.717) is 0 Å². The van der Waals surface area contributed by atoms with Gasteiger partial charge in [-0.1, -0.05) is 25.1 Å². The van der Waals surface area contributed by atoms with Crippen molar-refractivity contribution < 1.29 is 14.7 Å². The number of aryl methyl sites for hydroxylation is 2. The zero-order valence-electron chi connectivity index (χ0n) is 11.6. The van der Waals surface area contributed by atoms with Crippen molar-refractivity contribution in [3.63, 3.8) is 0 Å². The Morgan fingerprint density at radius 2 is 2.05 bits per heavy atom. The Hall–Kier alpha value is -2.14. The van der Waals surface area contributed by atoms with Gasteiger partial charge in [0.2, 0.25) is 0 Å². The van der Waals surface area contributed by atoms with Crippen molar-refractivity contribution in [2.45, 2.75) is 20.3 Å². The molecular formula is C15H18N2O3. The Labute approximate surface area is 117 Å². The van der Waals surface area contributed by atoms with Crippen molar-refractivity contribution in [3.05, 3.63) is 41.1 Å². The van der Waals surface area contributed by atoms with Crippen LogP contribution in [0, 0.1) is 6.92 Å². The van der Waals surface area contributed by atoms with E-state index < -0.39 is 11.8 Å². The molecule has 0 aliphatic carbocycles. The molecule has 0 radical (unpaired) electrons. The van der Waals surface area contributed by atoms with Gasteiger partial charge in [0.25, 0.3) is 11.8 Å². The van der Waals surface area contributed by atoms with Crippen LogP contribution < -0.4 is 5.32 Å². The van der Waals surface area contributed by atoms with Crippen molar-refractivity contribution in [2.75, 3.05) is 18.5 Å². The lowest BCUT2D eigenvalue weighted by molar-refractivity contribution is -0.137. The molecular weight excluding hydrogens is 256 g/mol. The van der Waals surface area contributed by atoms with Crippen LogP contribution in [0.3, 0.4) is 0 Å². The van der Waals surface area contributed by atoms with E-state index in [9.17, 15) is 9.59 Å². The van der Waals surface area contributed by atoms with Gasteiger partial charge in [-0.05, 0) is 24.5 Å². The summed E-state index contributed by atoms with van der Waals surface area (Å²) >= 11 is 0. The van der Waals surface area contributed by atoms with Crippen molar-refractivity contribution >= 4 is 17.5 Å². The number of nitrogens with zero attached hydrogens (tertiary/aromatic N) is 1. The second-order valence-corrected chi connectivity index (χ2v) is 4.66. The van der Waals surface area contributed by atoms with Gasteiger partial charge >= 0.3 is 0 Å². The van der Waals surface area contributed by atoms with Crippen LogP contribution in [0.2, 0.25) is 0 Å². The van der Waals surface area contributed by atoms with Gasteiger partial charge in [0.15, 0.2) is 0 Å². The maximum Gasteiger partial charge on any atom is 0.277 e. The Bertz CT molecular complexity index is 578. The maximum atomic E-state index is 12.1. The Morgan fingerprint density at radius 1 is 1.30 bits per heavy atom. The first kappa shape index (κ1) is 14.3. The molecule has 0 saturated heterocycles. The second kappa shape index (κ2) is 5.88. The molecule has 0 atom stereocenters. The molecule has 0 aromatic heterocycles. The molecule has 106 valence electrons. The molecule has 0 fully saturated rings. The molecule has 1 aromatic rings. The highest BCUT2D eigenvalue weighted by Gasteiger charge is 2.30. The number of aliphatic hydroxyl groups excluding tert-OH is 1. The van der Waals surface area contributed by atoms with Gasteiger partial charge < -0.3 is 10.4 Å². The number of benzene rings is 1. The van der Waals surface area contributed by atoms with E-state index in [-0.39, 0.29) is 18.8 Å². The predicted octanol–water partition coefficient (Wildman–Crippen LogP) is 1.21. The molecule has 2 amide bonds. The topological polar surface area (TPSA) is 69.6 Å². The van der Waals surface area contributed by atoms with E-state index >= 15 is 0 Å². The number of para-hydroxylation sites is 1. The first-order chi connectivity index (χ1) is 9.58. The zero-order chi connectivity index (χ0) is 14.7. The van der Waals surface area contributed by atoms with Gasteiger partial charge in [-0.25, -0.2) is 0 Å². The second-order valence-electron chi connectivity index (χ2n) is 4.66. The summed E-state index contributed by atoms with van der Waals surface area (Å²) < 4.78 is 0. The van der Waals surface area contributed by atoms with E-state index in [1.54, 1.807) is 0 Å². The molecule has 0 saturated carbocycles. The number of carbonyl (C=O) groups is 2. The summed E-state index contributed by atoms with van der Waals surface area (Å²) in [6.45, 7) is 3.78. The highest BCUT2D eigenvalue weighted by molar-refractivity contribution is 6.17. The molecule has 5 nitrogen and oxygen atoms in total. The molecule has 5 heteroatoms. The van der Waals surface area contributed by atoms with Crippen LogP contribution in [0.5, 0.6) is 0 Å². The SMILES string of the molecule is CCc1cccc(C)c1NC1=CC(=O)N(CCO)C1=O. The van der Waals surface area contributed by atoms with Crippen LogP contribution >= 0.6 is 0 Å². The summed E-state index contributed by atoms with van der Waals surface area (Å²) in [6.07, 6.45) is 2.11. The van der Waals surface area contributed by atoms with Crippen LogP contribution in [0.4, 0.5) is 5.69 Å². The normalized spacial score (nSPS) is 14.8. The molecule has 1 aliphatic heterocycles. The van der Waals surface area contributed by atoms with E-state index in [4.69, 9.17) is 5.11 Å². The molecule has 1 aliphatic rings. The van der Waals surface area contributed by atoms with Crippen molar-refractivity contribution in [3.8, 4) is 0 Å². The van der Waals surface area contributed by atoms with Crippen molar-refractivity contribution in [1.82, 2.24) is 4.90 Å². The van der Waals surface area contributed by atoms with Gasteiger partial charge in [-0.2, -0.15) is 0 Å². The van der Waals surface area contributed by atoms with Gasteiger partial charge in [0, 0.05) is 11.8 Å². The van der Waals surface area contributed by atoms with Gasteiger partial charge in [0.1, 0.15) is 5.70 Å². The molecule has 1 heterocycles. The van der Waals surface area contributed by atoms with E-state index in [1.807, 2.05) is 32.0 Å². The average Bonchev–Trinajstić information content (AvgIpc) is 2.69. The lowest BCUT2D eigenvalue weighted by Gasteiger charge is -2.16. The highest BCUT2D eigenvalue weighted by Crippen LogP contribution is 2.24. The first-order valence-electron chi connectivity index (χ1n) is 6.62. The highest BCUT2D eigenvalue weighted by atomic mass is 16.3. The summed E-state index contributed by atoms with van der Waals surface area (Å²) in [4.78, 5) is 24.8. The lowest BCUT2D eigenvalue weighted by Crippen LogP contribution is -2.34. The fourth-order valence-corrected chi connectivity index (χ4v) is 2.25. The van der Waals surface area contributed by atoms with E-state index in [1.165, 1.54) is 6.08 Å². The fraction of sp³-hybridized carbons (Fsp3) is 0.333. The monoisotopic (exact) mass is 274 g/mol. The van der Waals surface area contributed by atoms with Gasteiger partial charge in [0.05, 0.1) is 13.2 Å². The Kier molecular flexibility index (Phi) is 4.20. The number of nitrogens with one attached hydrogen (secondary N) is 1. The number of imide groups is 1. The first-order valence-corrected chi connectivity index (χ1v) is 6.62. The van der Waals surface area contributed by atoms with Crippen LogP contribution in [0.1, 0.15) is 18.1 Å². The number of carbonyl (C=O) groups excluding carboxylic acids is 2. The summed E-state index contributed by atoms with van der Waals surface area (Å²) in [5, 5.41) is 11.9. The minimum absolute atomic E-state index is 0.0216. The number of aliphatic hydroxyl groups is 1. The standard InChI is InChI=1S/C15H18N2O3/c1-3-11-6-4-5-10(2)14(11)16-12-9-13(19)17(7-8-18)15(12)20/h4-6,9,16,18H,3,7-8H2,1-2H3. The van der Waals surface area contributed by atoms with Crippen LogP contribution in [0.15, 0.2) is 30.0 Å². The maximum absolute atomic E-state index is 12.1. The summed E-state index contributed by atoms with van der Waals surface area (Å²) in [5.41, 5.74) is 3.23. The predicted molar refractivity (Wildman–Crippen MR) is 76.1 cm³/mol. The smallest absolute Gasteiger partial charge is 0.277 e. The number of β-amino-alcohol motifs (C(OH)–C–C–N with tert-alkyl or cyclic N) is 1. The quantitative estimate of drug-likeness (QED) is 0.792. The minimum atomic E-state index is -0.394. The minimum Gasteiger partial charge on any atom is -0.395 e. The zero-order valence-corrected chi connectivity index (χ0v) is 11.6. The third-order valence-corrected chi connectivity index (χ3v) is 3.33. The number of rotatable bonds is 5. The van der Waals surface area contributed by atoms with E-state index in [2.05, 4.69) is 5.32 Å². The molecule has 0 bridgehead atoms. The third-order valence-electron chi connectivity index (χ3n) is 3.33. The Morgan fingerprint density at radius 3 is 2.70 bits per heavy atom. The molecule has 20 heavy (non-hydrogen) atoms. The molecule has 0 unspecified atom stereocenters. The fourth-order valence-electron chi connectivity index (χ4n) is 2.25. The number of amides is 2. The third kappa shape index (κ3) is 2.58. The number of hydrogen-bond donors (Lipinski definition) is 2. The summed E-state index contributed by atoms with van der Waals surface area (Å²) in [5.74, 6) is -0.785. The summed E-state index contributed by atoms with van der Waals surface area (Å²) in [6, 6.07) is 5.91. The molecule has 2 rings (SSSR count). The van der Waals surface area contributed by atoms with Gasteiger partial charge in [-0.3, -0.25) is 14.5 Å². The molecule has 0 spiro atoms. The van der Waals surface area contributed by atoms with Crippen LogP contribution in [0.25, 0.3) is 0 Å². The molecule has 2 N–H and O–H groups in total. The largest absolute Gasteiger partial charge is 0.395 e. The lowest BCUT2D eigenvalue weighted by atomic mass is 10.1. The number of hydrogen-bond acceptors (Lipinski definition) is 4. The van der Waals surface area contributed by atoms with E-state index in [0.717, 1.165) is 28.1 Å². The van der Waals surface area contributed by atoms with Crippen LogP contribution in [-0.4, -0.2) is 35.0 Å². The van der Waals surface area contributed by atoms with Crippen molar-refractivity contribution in [2.24, 2.45) is 0 Å². The summed E-state index contributed by atoms with van der Waals surface area (Å²) in [7, 11) is 0. The number of anilines is 1. The van der Waals surface area contributed by atoms with Crippen molar-refractivity contribution in [1.29, 1.82) is 0 Å².